The summed E-state index contributed by atoms with van der Waals surface area (Å²) < 4.78 is 66.6. The normalized spacial score (nSPS) is 14.0. The molecule has 0 fully saturated rings. The summed E-state index contributed by atoms with van der Waals surface area (Å²) >= 11 is 6.30. The van der Waals surface area contributed by atoms with Crippen LogP contribution in [0.15, 0.2) is 54.4 Å². The van der Waals surface area contributed by atoms with E-state index in [1.54, 1.807) is 6.07 Å². The van der Waals surface area contributed by atoms with Gasteiger partial charge in [0.15, 0.2) is 0 Å². The molecule has 1 atom stereocenters. The second-order valence-electron chi connectivity index (χ2n) is 7.31. The van der Waals surface area contributed by atoms with Crippen LogP contribution >= 0.6 is 31.6 Å². The van der Waals surface area contributed by atoms with Gasteiger partial charge in [0.25, 0.3) is 0 Å². The lowest BCUT2D eigenvalue weighted by atomic mass is 9.93. The van der Waals surface area contributed by atoms with Gasteiger partial charge in [-0.1, -0.05) is 35.9 Å². The van der Waals surface area contributed by atoms with Crippen molar-refractivity contribution in [3.05, 3.63) is 70.5 Å². The quantitative estimate of drug-likeness (QED) is 0.311. The standard InChI is InChI=1S/C22H26ClF3NO5P.ClH/c1-30-33(29,31-2)13-12-21(27,15-28)11-5-6-16-9-10-17(14-19(16)23)32-20-8-4-3-7-18(20)22(24,25)26;/h3-4,7-10,12-14,28H,5-6,11,15,27H2,1-2H3;1H/b13-12+;. The van der Waals surface area contributed by atoms with Crippen LogP contribution < -0.4 is 10.5 Å². The molecule has 2 aromatic rings. The van der Waals surface area contributed by atoms with E-state index in [2.05, 4.69) is 0 Å². The monoisotopic (exact) mass is 543 g/mol. The molecule has 1 unspecified atom stereocenters. The molecule has 0 heterocycles. The Balaban J connectivity index is 0.00000578. The van der Waals surface area contributed by atoms with E-state index >= 15 is 0 Å². The molecule has 0 amide bonds. The molecule has 0 aromatic heterocycles. The van der Waals surface area contributed by atoms with Crippen LogP contribution in [0.2, 0.25) is 5.02 Å². The number of halogens is 5. The molecule has 0 spiro atoms. The van der Waals surface area contributed by atoms with E-state index in [-0.39, 0.29) is 23.9 Å². The third kappa shape index (κ3) is 8.57. The molecule has 2 aromatic carbocycles. The number of nitrogens with two attached hydrogens (primary N) is 1. The Morgan fingerprint density at radius 1 is 1.15 bits per heavy atom. The van der Waals surface area contributed by atoms with Crippen molar-refractivity contribution in [3.8, 4) is 11.5 Å². The lowest BCUT2D eigenvalue weighted by molar-refractivity contribution is -0.138. The summed E-state index contributed by atoms with van der Waals surface area (Å²) in [5.74, 6) is 1.06. The summed E-state index contributed by atoms with van der Waals surface area (Å²) in [6.45, 7) is -0.393. The van der Waals surface area contributed by atoms with E-state index in [0.29, 0.717) is 24.3 Å². The Kier molecular flexibility index (Phi) is 11.6. The van der Waals surface area contributed by atoms with E-state index in [0.717, 1.165) is 11.6 Å². The van der Waals surface area contributed by atoms with Gasteiger partial charge in [-0.3, -0.25) is 4.57 Å². The van der Waals surface area contributed by atoms with Gasteiger partial charge in [-0.05, 0) is 49.1 Å². The minimum atomic E-state index is -4.55. The van der Waals surface area contributed by atoms with Crippen LogP contribution in [0.1, 0.15) is 24.0 Å². The Bertz CT molecular complexity index is 1010. The van der Waals surface area contributed by atoms with Gasteiger partial charge in [0, 0.05) is 25.1 Å². The predicted molar refractivity (Wildman–Crippen MR) is 128 cm³/mol. The number of hydrogen-bond acceptors (Lipinski definition) is 6. The molecular weight excluding hydrogens is 517 g/mol. The average molecular weight is 544 g/mol. The molecule has 0 aliphatic rings. The first-order valence-electron chi connectivity index (χ1n) is 9.89. The van der Waals surface area contributed by atoms with Crippen molar-refractivity contribution in [2.24, 2.45) is 5.73 Å². The molecule has 0 aliphatic carbocycles. The fourth-order valence-electron chi connectivity index (χ4n) is 2.97. The number of ether oxygens (including phenoxy) is 1. The maximum atomic E-state index is 13.2. The first-order chi connectivity index (χ1) is 15.4. The average Bonchev–Trinajstić information content (AvgIpc) is 2.78. The molecular formula is C22H27Cl2F3NO5P. The van der Waals surface area contributed by atoms with Gasteiger partial charge in [0.2, 0.25) is 0 Å². The van der Waals surface area contributed by atoms with Crippen LogP contribution in [-0.4, -0.2) is 31.5 Å². The second kappa shape index (κ2) is 12.9. The summed E-state index contributed by atoms with van der Waals surface area (Å²) in [5, 5.41) is 9.99. The third-order valence-corrected chi connectivity index (χ3v) is 6.81. The van der Waals surface area contributed by atoms with Gasteiger partial charge < -0.3 is 24.6 Å². The molecule has 2 rings (SSSR count). The molecule has 0 aliphatic heterocycles. The minimum absolute atomic E-state index is 0. The van der Waals surface area contributed by atoms with Crippen LogP contribution in [-0.2, 0) is 26.2 Å². The zero-order chi connectivity index (χ0) is 24.7. The van der Waals surface area contributed by atoms with Crippen LogP contribution in [0.25, 0.3) is 0 Å². The van der Waals surface area contributed by atoms with Gasteiger partial charge in [0.1, 0.15) is 11.5 Å². The molecule has 0 saturated carbocycles. The molecule has 0 radical (unpaired) electrons. The van der Waals surface area contributed by atoms with Gasteiger partial charge in [-0.25, -0.2) is 0 Å². The van der Waals surface area contributed by atoms with E-state index in [9.17, 15) is 22.8 Å². The highest BCUT2D eigenvalue weighted by Crippen LogP contribution is 2.48. The van der Waals surface area contributed by atoms with Crippen molar-refractivity contribution in [3.63, 3.8) is 0 Å². The fourth-order valence-corrected chi connectivity index (χ4v) is 4.11. The zero-order valence-electron chi connectivity index (χ0n) is 18.5. The molecule has 6 nitrogen and oxygen atoms in total. The van der Waals surface area contributed by atoms with Gasteiger partial charge >= 0.3 is 13.8 Å². The van der Waals surface area contributed by atoms with Crippen molar-refractivity contribution >= 4 is 31.6 Å². The molecule has 3 N–H and O–H groups in total. The Hall–Kier alpha value is -1.58. The number of rotatable bonds is 11. The SMILES string of the molecule is COP(=O)(/C=C/C(N)(CO)CCCc1ccc(Oc2ccccc2C(F)(F)F)cc1Cl)OC.Cl. The highest BCUT2D eigenvalue weighted by atomic mass is 35.5. The topological polar surface area (TPSA) is 91.0 Å². The van der Waals surface area contributed by atoms with Crippen LogP contribution in [0, 0.1) is 0 Å². The first-order valence-corrected chi connectivity index (χ1v) is 11.9. The number of aliphatic hydroxyl groups is 1. The van der Waals surface area contributed by atoms with Crippen LogP contribution in [0.3, 0.4) is 0 Å². The summed E-state index contributed by atoms with van der Waals surface area (Å²) in [4.78, 5) is 0. The van der Waals surface area contributed by atoms with Crippen LogP contribution in [0.4, 0.5) is 13.2 Å². The largest absolute Gasteiger partial charge is 0.457 e. The molecule has 0 bridgehead atoms. The lowest BCUT2D eigenvalue weighted by Crippen LogP contribution is -2.41. The number of aliphatic hydroxyl groups excluding tert-OH is 1. The van der Waals surface area contributed by atoms with Crippen molar-refractivity contribution < 1.29 is 36.6 Å². The van der Waals surface area contributed by atoms with E-state index < -0.39 is 31.5 Å². The smallest absolute Gasteiger partial charge is 0.419 e. The maximum absolute atomic E-state index is 13.2. The van der Waals surface area contributed by atoms with E-state index in [1.165, 1.54) is 56.4 Å². The van der Waals surface area contributed by atoms with Gasteiger partial charge in [-0.15, -0.1) is 12.4 Å². The number of alkyl halides is 3. The predicted octanol–water partition coefficient (Wildman–Crippen LogP) is 6.59. The molecule has 34 heavy (non-hydrogen) atoms. The highest BCUT2D eigenvalue weighted by Gasteiger charge is 2.34. The summed E-state index contributed by atoms with van der Waals surface area (Å²) in [6, 6.07) is 9.55. The van der Waals surface area contributed by atoms with E-state index in [1.807, 2.05) is 0 Å². The molecule has 0 saturated heterocycles. The zero-order valence-corrected chi connectivity index (χ0v) is 21.0. The lowest BCUT2D eigenvalue weighted by Gasteiger charge is -2.24. The number of aryl methyl sites for hydroxylation is 1. The number of para-hydroxylation sites is 1. The Morgan fingerprint density at radius 3 is 2.35 bits per heavy atom. The Morgan fingerprint density at radius 2 is 1.79 bits per heavy atom. The van der Waals surface area contributed by atoms with Crippen molar-refractivity contribution in [1.29, 1.82) is 0 Å². The molecule has 190 valence electrons. The van der Waals surface area contributed by atoms with Crippen molar-refractivity contribution in [2.45, 2.75) is 31.0 Å². The molecule has 12 heteroatoms. The Labute approximate surface area is 207 Å². The third-order valence-electron chi connectivity index (χ3n) is 4.93. The summed E-state index contributed by atoms with van der Waals surface area (Å²) in [6.07, 6.45) is -1.81. The van der Waals surface area contributed by atoms with Crippen molar-refractivity contribution in [1.82, 2.24) is 0 Å². The maximum Gasteiger partial charge on any atom is 0.419 e. The van der Waals surface area contributed by atoms with Gasteiger partial charge in [-0.2, -0.15) is 13.2 Å². The minimum Gasteiger partial charge on any atom is -0.457 e. The number of hydrogen-bond donors (Lipinski definition) is 2. The highest BCUT2D eigenvalue weighted by molar-refractivity contribution is 7.57. The van der Waals surface area contributed by atoms with Gasteiger partial charge in [0.05, 0.1) is 17.7 Å². The van der Waals surface area contributed by atoms with E-state index in [4.69, 9.17) is 31.1 Å². The summed E-state index contributed by atoms with van der Waals surface area (Å²) in [5.41, 5.74) is 4.86. The van der Waals surface area contributed by atoms with Crippen LogP contribution in [0.5, 0.6) is 11.5 Å². The summed E-state index contributed by atoms with van der Waals surface area (Å²) in [7, 11) is -0.937. The second-order valence-corrected chi connectivity index (χ2v) is 9.83. The first kappa shape index (κ1) is 30.5. The van der Waals surface area contributed by atoms with Crippen molar-refractivity contribution in [2.75, 3.05) is 20.8 Å². The fraction of sp³-hybridized carbons (Fsp3) is 0.364. The number of benzene rings is 2.